The Hall–Kier alpha value is -8.06. The van der Waals surface area contributed by atoms with Gasteiger partial charge < -0.3 is 4.57 Å². The Morgan fingerprint density at radius 1 is 0.306 bits per heavy atom. The molecule has 62 heavy (non-hydrogen) atoms. The summed E-state index contributed by atoms with van der Waals surface area (Å²) in [5, 5.41) is 13.6. The van der Waals surface area contributed by atoms with Crippen LogP contribution in [0.3, 0.4) is 0 Å². The number of nitrogens with zero attached hydrogens (tertiary/aromatic N) is 5. The highest BCUT2D eigenvalue weighted by Crippen LogP contribution is 2.39. The van der Waals surface area contributed by atoms with Gasteiger partial charge in [-0.05, 0) is 86.8 Å². The largest absolute Gasteiger partial charge is 0.309 e. The van der Waals surface area contributed by atoms with E-state index in [4.69, 9.17) is 9.97 Å². The molecule has 0 spiro atoms. The minimum absolute atomic E-state index is 0.939. The summed E-state index contributed by atoms with van der Waals surface area (Å²) >= 11 is 0. The molecule has 13 aromatic rings. The van der Waals surface area contributed by atoms with E-state index in [2.05, 4.69) is 226 Å². The predicted octanol–water partition coefficient (Wildman–Crippen LogP) is 10.6. The predicted molar refractivity (Wildman–Crippen MR) is 260 cm³/mol. The number of imidazole rings is 1. The molecule has 13 rings (SSSR count). The molecule has 0 unspecified atom stereocenters. The summed E-state index contributed by atoms with van der Waals surface area (Å²) in [6.45, 7) is 0. The number of hydrogen-bond acceptors (Lipinski definition) is 2. The van der Waals surface area contributed by atoms with Crippen molar-refractivity contribution in [3.63, 3.8) is 0 Å². The van der Waals surface area contributed by atoms with Crippen LogP contribution in [0.15, 0.2) is 225 Å². The number of benzene rings is 8. The van der Waals surface area contributed by atoms with Crippen molar-refractivity contribution < 1.29 is 0 Å². The number of para-hydroxylation sites is 3. The van der Waals surface area contributed by atoms with Crippen LogP contribution in [0.1, 0.15) is 0 Å². The van der Waals surface area contributed by atoms with Crippen LogP contribution in [0.5, 0.6) is 0 Å². The van der Waals surface area contributed by atoms with Crippen molar-refractivity contribution in [2.45, 2.75) is 0 Å². The molecule has 0 amide bonds. The maximum absolute atomic E-state index is 5.12. The van der Waals surface area contributed by atoms with Gasteiger partial charge in [-0.25, -0.2) is 9.97 Å². The second-order valence-electron chi connectivity index (χ2n) is 16.2. The Morgan fingerprint density at radius 3 is 1.66 bits per heavy atom. The Kier molecular flexibility index (Phi) is 7.56. The molecular formula is C56H37N5Si. The summed E-state index contributed by atoms with van der Waals surface area (Å²) in [6, 6.07) is 76.0. The first-order valence-corrected chi connectivity index (χ1v) is 23.2. The molecular weight excluding hydrogens is 771 g/mol. The first-order valence-electron chi connectivity index (χ1n) is 21.2. The Labute approximate surface area is 358 Å². The van der Waals surface area contributed by atoms with Gasteiger partial charge >= 0.3 is 0 Å². The lowest BCUT2D eigenvalue weighted by Crippen LogP contribution is -2.74. The van der Waals surface area contributed by atoms with E-state index in [1.165, 1.54) is 53.2 Å². The zero-order valence-corrected chi connectivity index (χ0v) is 34.6. The van der Waals surface area contributed by atoms with Crippen molar-refractivity contribution in [1.82, 2.24) is 23.5 Å². The molecule has 0 aliphatic rings. The molecule has 0 radical (unpaired) electrons. The standard InChI is InChI=1S/C56H37N5Si/c1-4-16-38(17-5-1)60-52-28-13-11-25-46(52)48-36-49-47-26-15-31-57-56(47)61(54(49)37-53(48)60)39-18-14-23-42(34-39)62(40-19-6-2-7-20-40,41-21-8-3-9-22-41)43-29-30-44-45-24-10-12-27-51(45)59-33-32-58-55(59)50(44)35-43/h1-37H. The highest BCUT2D eigenvalue weighted by Gasteiger charge is 2.42. The molecule has 290 valence electrons. The molecule has 0 aliphatic carbocycles. The lowest BCUT2D eigenvalue weighted by molar-refractivity contribution is 1.13. The van der Waals surface area contributed by atoms with Crippen LogP contribution >= 0.6 is 0 Å². The molecule has 8 aromatic carbocycles. The van der Waals surface area contributed by atoms with Gasteiger partial charge in [-0.15, -0.1) is 0 Å². The molecule has 0 aliphatic heterocycles. The molecule has 0 atom stereocenters. The van der Waals surface area contributed by atoms with E-state index < -0.39 is 8.07 Å². The van der Waals surface area contributed by atoms with Gasteiger partial charge in [0.1, 0.15) is 11.3 Å². The van der Waals surface area contributed by atoms with Gasteiger partial charge in [-0.1, -0.05) is 146 Å². The third-order valence-corrected chi connectivity index (χ3v) is 17.8. The topological polar surface area (TPSA) is 40.0 Å². The Morgan fingerprint density at radius 2 is 0.887 bits per heavy atom. The Balaban J connectivity index is 1.12. The molecule has 0 bridgehead atoms. The normalized spacial score (nSPS) is 12.2. The quantitative estimate of drug-likeness (QED) is 0.0954. The summed E-state index contributed by atoms with van der Waals surface area (Å²) in [4.78, 5) is 10.1. The zero-order valence-electron chi connectivity index (χ0n) is 33.6. The average molecular weight is 808 g/mol. The number of rotatable bonds is 6. The van der Waals surface area contributed by atoms with Gasteiger partial charge in [0.25, 0.3) is 0 Å². The van der Waals surface area contributed by atoms with Crippen molar-refractivity contribution in [3.8, 4) is 11.4 Å². The van der Waals surface area contributed by atoms with E-state index in [1.807, 2.05) is 12.4 Å². The van der Waals surface area contributed by atoms with Crippen LogP contribution < -0.4 is 20.7 Å². The minimum atomic E-state index is -3.02. The molecule has 5 heterocycles. The van der Waals surface area contributed by atoms with Crippen molar-refractivity contribution in [2.75, 3.05) is 0 Å². The summed E-state index contributed by atoms with van der Waals surface area (Å²) < 4.78 is 7.02. The zero-order chi connectivity index (χ0) is 40.8. The molecule has 0 N–H and O–H groups in total. The van der Waals surface area contributed by atoms with Crippen molar-refractivity contribution in [1.29, 1.82) is 0 Å². The van der Waals surface area contributed by atoms with E-state index >= 15 is 0 Å². The van der Waals surface area contributed by atoms with Crippen LogP contribution in [0.2, 0.25) is 0 Å². The van der Waals surface area contributed by atoms with E-state index in [1.54, 1.807) is 0 Å². The van der Waals surface area contributed by atoms with Crippen LogP contribution in [0.25, 0.3) is 82.4 Å². The van der Waals surface area contributed by atoms with E-state index in [0.29, 0.717) is 0 Å². The first kappa shape index (κ1) is 34.8. The summed E-state index contributed by atoms with van der Waals surface area (Å²) in [6.07, 6.45) is 5.92. The fourth-order valence-electron chi connectivity index (χ4n) is 10.5. The summed E-state index contributed by atoms with van der Waals surface area (Å²) in [5.41, 5.74) is 8.75. The number of aromatic nitrogens is 5. The maximum Gasteiger partial charge on any atom is 0.179 e. The van der Waals surface area contributed by atoms with Gasteiger partial charge in [0.05, 0.1) is 22.1 Å². The van der Waals surface area contributed by atoms with E-state index in [-0.39, 0.29) is 0 Å². The molecule has 0 saturated heterocycles. The second-order valence-corrected chi connectivity index (χ2v) is 20.0. The first-order chi connectivity index (χ1) is 30.8. The summed E-state index contributed by atoms with van der Waals surface area (Å²) in [5.74, 6) is 0. The van der Waals surface area contributed by atoms with Crippen LogP contribution in [-0.4, -0.2) is 31.6 Å². The van der Waals surface area contributed by atoms with Crippen molar-refractivity contribution in [3.05, 3.63) is 225 Å². The third kappa shape index (κ3) is 4.89. The van der Waals surface area contributed by atoms with Gasteiger partial charge in [-0.2, -0.15) is 0 Å². The summed E-state index contributed by atoms with van der Waals surface area (Å²) in [7, 11) is -3.02. The molecule has 0 saturated carbocycles. The van der Waals surface area contributed by atoms with E-state index in [0.717, 1.165) is 50.0 Å². The smallest absolute Gasteiger partial charge is 0.179 e. The molecule has 0 fully saturated rings. The number of fused-ring (bicyclic) bond motifs is 12. The average Bonchev–Trinajstić information content (AvgIpc) is 4.06. The highest BCUT2D eigenvalue weighted by atomic mass is 28.3. The van der Waals surface area contributed by atoms with Gasteiger partial charge in [-0.3, -0.25) is 8.97 Å². The fraction of sp³-hybridized carbons (Fsp3) is 0. The SMILES string of the molecule is c1ccc(-n2c3ccccc3c3cc4c5cccnc5n(-c5cccc([Si](c6ccccc6)(c6ccccc6)c6ccc7c8ccccc8n8ccnc8c7c6)c5)c4cc32)cc1. The lowest BCUT2D eigenvalue weighted by Gasteiger charge is -2.35. The highest BCUT2D eigenvalue weighted by molar-refractivity contribution is 7.20. The fourth-order valence-corrected chi connectivity index (χ4v) is 15.3. The molecule has 5 aromatic heterocycles. The monoisotopic (exact) mass is 807 g/mol. The van der Waals surface area contributed by atoms with Crippen molar-refractivity contribution >= 4 is 99.9 Å². The van der Waals surface area contributed by atoms with Crippen LogP contribution in [-0.2, 0) is 0 Å². The second kappa shape index (κ2) is 13.5. The van der Waals surface area contributed by atoms with E-state index in [9.17, 15) is 0 Å². The Bertz CT molecular complexity index is 3830. The number of pyridine rings is 2. The van der Waals surface area contributed by atoms with Crippen LogP contribution in [0.4, 0.5) is 0 Å². The molecule has 5 nitrogen and oxygen atoms in total. The van der Waals surface area contributed by atoms with Crippen LogP contribution in [0, 0.1) is 0 Å². The van der Waals surface area contributed by atoms with Gasteiger partial charge in [0, 0.05) is 62.3 Å². The molecule has 6 heteroatoms. The maximum atomic E-state index is 5.12. The number of hydrogen-bond donors (Lipinski definition) is 0. The van der Waals surface area contributed by atoms with Gasteiger partial charge in [0.15, 0.2) is 8.07 Å². The van der Waals surface area contributed by atoms with Crippen molar-refractivity contribution in [2.24, 2.45) is 0 Å². The minimum Gasteiger partial charge on any atom is -0.309 e. The van der Waals surface area contributed by atoms with Gasteiger partial charge in [0.2, 0.25) is 0 Å². The third-order valence-electron chi connectivity index (χ3n) is 13.1. The lowest BCUT2D eigenvalue weighted by atomic mass is 10.1.